The van der Waals surface area contributed by atoms with Crippen LogP contribution >= 0.6 is 0 Å². The zero-order valence-corrected chi connectivity index (χ0v) is 4.55. The molecule has 0 saturated heterocycles. The number of primary amides is 1. The predicted octanol–water partition coefficient (Wildman–Crippen LogP) is -0.543. The van der Waals surface area contributed by atoms with E-state index in [1.807, 2.05) is 0 Å². The van der Waals surface area contributed by atoms with E-state index >= 15 is 0 Å². The zero-order valence-electron chi connectivity index (χ0n) is 4.55. The highest BCUT2D eigenvalue weighted by molar-refractivity contribution is 5.42. The van der Waals surface area contributed by atoms with Gasteiger partial charge in [-0.25, -0.2) is 0 Å². The molecule has 0 aromatic rings. The number of nitrogens with two attached hydrogens (primary N) is 2. The second kappa shape index (κ2) is 18.0. The van der Waals surface area contributed by atoms with Gasteiger partial charge in [-0.3, -0.25) is 4.79 Å². The first-order valence-electron chi connectivity index (χ1n) is 2.18. The third-order valence-corrected chi connectivity index (χ3v) is 0.289. The van der Waals surface area contributed by atoms with Gasteiger partial charge in [-0.2, -0.15) is 0 Å². The molecular formula is C4H12N2O. The van der Waals surface area contributed by atoms with E-state index in [9.17, 15) is 0 Å². The molecule has 3 nitrogen and oxygen atoms in total. The molecule has 0 aliphatic carbocycles. The van der Waals surface area contributed by atoms with Gasteiger partial charge in [0.1, 0.15) is 0 Å². The van der Waals surface area contributed by atoms with Crippen LogP contribution in [-0.4, -0.2) is 13.0 Å². The Morgan fingerprint density at radius 2 is 1.86 bits per heavy atom. The van der Waals surface area contributed by atoms with Crippen molar-refractivity contribution in [3.8, 4) is 0 Å². The summed E-state index contributed by atoms with van der Waals surface area (Å²) in [5, 5.41) is 0. The summed E-state index contributed by atoms with van der Waals surface area (Å²) in [6, 6.07) is 0. The largest absolute Gasteiger partial charge is 0.372 e. The van der Waals surface area contributed by atoms with Crippen molar-refractivity contribution in [1.29, 1.82) is 0 Å². The predicted molar refractivity (Wildman–Crippen MR) is 29.6 cm³/mol. The average molecular weight is 104 g/mol. The Bertz CT molecular complexity index is 28.9. The molecule has 0 unspecified atom stereocenters. The first-order valence-corrected chi connectivity index (χ1v) is 2.18. The van der Waals surface area contributed by atoms with Crippen molar-refractivity contribution in [2.75, 3.05) is 6.54 Å². The van der Waals surface area contributed by atoms with E-state index in [2.05, 4.69) is 12.7 Å². The number of rotatable bonds is 1. The second-order valence-corrected chi connectivity index (χ2v) is 0.925. The molecule has 0 bridgehead atoms. The molecule has 44 valence electrons. The van der Waals surface area contributed by atoms with Crippen molar-refractivity contribution >= 4 is 6.41 Å². The van der Waals surface area contributed by atoms with Crippen LogP contribution in [0.5, 0.6) is 0 Å². The molecule has 7 heavy (non-hydrogen) atoms. The van der Waals surface area contributed by atoms with E-state index in [-0.39, 0.29) is 6.41 Å². The molecule has 4 N–H and O–H groups in total. The van der Waals surface area contributed by atoms with E-state index < -0.39 is 0 Å². The number of hydrogen-bond acceptors (Lipinski definition) is 2. The van der Waals surface area contributed by atoms with Crippen LogP contribution in [0.2, 0.25) is 0 Å². The van der Waals surface area contributed by atoms with E-state index in [1.165, 1.54) is 0 Å². The van der Waals surface area contributed by atoms with Crippen molar-refractivity contribution in [3.05, 3.63) is 0 Å². The minimum Gasteiger partial charge on any atom is -0.372 e. The quantitative estimate of drug-likeness (QED) is 0.438. The van der Waals surface area contributed by atoms with Gasteiger partial charge in [0.2, 0.25) is 6.41 Å². The van der Waals surface area contributed by atoms with Gasteiger partial charge in [0, 0.05) is 0 Å². The van der Waals surface area contributed by atoms with Crippen molar-refractivity contribution < 1.29 is 4.79 Å². The molecule has 0 saturated carbocycles. The van der Waals surface area contributed by atoms with Gasteiger partial charge >= 0.3 is 0 Å². The third kappa shape index (κ3) is 346. The summed E-state index contributed by atoms with van der Waals surface area (Å²) in [6.45, 7) is 2.88. The van der Waals surface area contributed by atoms with Crippen molar-refractivity contribution in [2.24, 2.45) is 11.5 Å². The van der Waals surface area contributed by atoms with Gasteiger partial charge in [-0.1, -0.05) is 6.92 Å². The summed E-state index contributed by atoms with van der Waals surface area (Å²) >= 11 is 0. The Balaban J connectivity index is 0. The molecule has 0 radical (unpaired) electrons. The molecule has 1 amide bonds. The normalized spacial score (nSPS) is 6.00. The third-order valence-electron chi connectivity index (χ3n) is 0.289. The van der Waals surface area contributed by atoms with Crippen LogP contribution in [0, 0.1) is 0 Å². The highest BCUT2D eigenvalue weighted by Crippen LogP contribution is 1.57. The molecule has 0 aliphatic rings. The van der Waals surface area contributed by atoms with Crippen LogP contribution in [-0.2, 0) is 4.79 Å². The maximum absolute atomic E-state index is 8.58. The Kier molecular flexibility index (Phi) is 24.9. The Morgan fingerprint density at radius 3 is 1.86 bits per heavy atom. The van der Waals surface area contributed by atoms with E-state index in [4.69, 9.17) is 10.5 Å². The SMILES string of the molecule is CCCN.NC=O. The maximum atomic E-state index is 8.58. The maximum Gasteiger partial charge on any atom is 0.204 e. The molecule has 0 aliphatic heterocycles. The summed E-state index contributed by atoms with van der Waals surface area (Å²) in [6.07, 6.45) is 1.35. The topological polar surface area (TPSA) is 69.1 Å². The van der Waals surface area contributed by atoms with Gasteiger partial charge < -0.3 is 11.5 Å². The smallest absolute Gasteiger partial charge is 0.204 e. The molecule has 3 heteroatoms. The number of amides is 1. The van der Waals surface area contributed by atoms with Crippen molar-refractivity contribution in [3.63, 3.8) is 0 Å². The summed E-state index contributed by atoms with van der Waals surface area (Å²) in [5.74, 6) is 0. The summed E-state index contributed by atoms with van der Waals surface area (Å²) in [7, 11) is 0. The molecule has 0 spiro atoms. The first kappa shape index (κ1) is 9.66. The molecule has 0 aromatic heterocycles. The fourth-order valence-electron chi connectivity index (χ4n) is 0. The van der Waals surface area contributed by atoms with Gasteiger partial charge in [-0.15, -0.1) is 0 Å². The standard InChI is InChI=1S/C3H9N.CH3NO/c1-2-3-4;2-1-3/h2-4H2,1H3;1H,(H2,2,3). The lowest BCUT2D eigenvalue weighted by Gasteiger charge is -1.70. The van der Waals surface area contributed by atoms with Crippen LogP contribution in [0.4, 0.5) is 0 Å². The minimum absolute atomic E-state index is 0.250. The van der Waals surface area contributed by atoms with Crippen LogP contribution in [0.1, 0.15) is 13.3 Å². The van der Waals surface area contributed by atoms with Gasteiger partial charge in [-0.05, 0) is 13.0 Å². The minimum atomic E-state index is 0.250. The monoisotopic (exact) mass is 104 g/mol. The van der Waals surface area contributed by atoms with Gasteiger partial charge in [0.15, 0.2) is 0 Å². The average Bonchev–Trinajstić information content (AvgIpc) is 1.69. The fraction of sp³-hybridized carbons (Fsp3) is 0.750. The highest BCUT2D eigenvalue weighted by atomic mass is 16.1. The lowest BCUT2D eigenvalue weighted by atomic mass is 10.5. The van der Waals surface area contributed by atoms with E-state index in [0.717, 1.165) is 13.0 Å². The molecule has 0 fully saturated rings. The fourth-order valence-corrected chi connectivity index (χ4v) is 0. The van der Waals surface area contributed by atoms with E-state index in [0.29, 0.717) is 0 Å². The number of carbonyl (C=O) groups excluding carboxylic acids is 1. The second-order valence-electron chi connectivity index (χ2n) is 0.925. The Labute approximate surface area is 43.7 Å². The van der Waals surface area contributed by atoms with Gasteiger partial charge in [0.05, 0.1) is 0 Å². The molecule has 0 rings (SSSR count). The molecule has 0 aromatic carbocycles. The lowest BCUT2D eigenvalue weighted by Crippen LogP contribution is -1.93. The Morgan fingerprint density at radius 1 is 1.71 bits per heavy atom. The van der Waals surface area contributed by atoms with Crippen LogP contribution in [0.25, 0.3) is 0 Å². The van der Waals surface area contributed by atoms with Crippen molar-refractivity contribution in [2.45, 2.75) is 13.3 Å². The highest BCUT2D eigenvalue weighted by Gasteiger charge is 1.55. The molecule has 0 heterocycles. The van der Waals surface area contributed by atoms with Crippen LogP contribution in [0.3, 0.4) is 0 Å². The summed E-state index contributed by atoms with van der Waals surface area (Å²) < 4.78 is 0. The zero-order chi connectivity index (χ0) is 6.12. The number of carbonyl (C=O) groups is 1. The summed E-state index contributed by atoms with van der Waals surface area (Å²) in [5.41, 5.74) is 9.19. The Hall–Kier alpha value is -0.570. The lowest BCUT2D eigenvalue weighted by molar-refractivity contribution is -0.106. The molecule has 0 atom stereocenters. The van der Waals surface area contributed by atoms with Crippen molar-refractivity contribution in [1.82, 2.24) is 0 Å². The van der Waals surface area contributed by atoms with Crippen LogP contribution < -0.4 is 11.5 Å². The van der Waals surface area contributed by atoms with Crippen LogP contribution in [0.15, 0.2) is 0 Å². The molecular weight excluding hydrogens is 92.1 g/mol. The van der Waals surface area contributed by atoms with E-state index in [1.54, 1.807) is 0 Å². The first-order chi connectivity index (χ1) is 3.33. The number of hydrogen-bond donors (Lipinski definition) is 2. The van der Waals surface area contributed by atoms with Gasteiger partial charge in [0.25, 0.3) is 0 Å². The summed E-state index contributed by atoms with van der Waals surface area (Å²) in [4.78, 5) is 8.58.